The molecule has 0 N–H and O–H groups in total. The third kappa shape index (κ3) is 20.9. The second-order valence-corrected chi connectivity index (χ2v) is 4.81. The Kier molecular flexibility index (Phi) is 24.0. The second-order valence-electron chi connectivity index (χ2n) is 4.81. The molecule has 1 aromatic carbocycles. The zero-order chi connectivity index (χ0) is 21.6. The van der Waals surface area contributed by atoms with Gasteiger partial charge in [-0.25, -0.2) is 0 Å². The minimum atomic E-state index is 0. The molecule has 0 atom stereocenters. The Morgan fingerprint density at radius 2 is 0.897 bits per heavy atom. The molecule has 0 aliphatic rings. The van der Waals surface area contributed by atoms with Gasteiger partial charge in [-0.15, -0.1) is 0 Å². The first kappa shape index (κ1) is 30.5. The fourth-order valence-corrected chi connectivity index (χ4v) is 0.919. The smallest absolute Gasteiger partial charge is 0.0465 e. The molecule has 0 fully saturated rings. The molecule has 0 amide bonds. The molecule has 2 aromatic rings. The van der Waals surface area contributed by atoms with E-state index >= 15 is 0 Å². The van der Waals surface area contributed by atoms with Crippen LogP contribution in [0.5, 0.6) is 0 Å². The maximum Gasteiger partial charge on any atom is 0.0465 e. The van der Waals surface area contributed by atoms with Crippen molar-refractivity contribution in [3.63, 3.8) is 0 Å². The largest absolute Gasteiger partial charge is 0.792 e. The van der Waals surface area contributed by atoms with Gasteiger partial charge >= 0.3 is 0 Å². The first-order chi connectivity index (χ1) is 13.4. The van der Waals surface area contributed by atoms with Gasteiger partial charge in [0.1, 0.15) is 0 Å². The molecule has 1 heterocycles. The van der Waals surface area contributed by atoms with E-state index < -0.39 is 0 Å². The first-order valence-electron chi connectivity index (χ1n) is 7.89. The summed E-state index contributed by atoms with van der Waals surface area (Å²) in [7, 11) is 0. The van der Waals surface area contributed by atoms with E-state index in [9.17, 15) is 20.8 Å². The molecule has 1 radical (unpaired) electrons. The van der Waals surface area contributed by atoms with E-state index in [0.717, 1.165) is 0 Å². The summed E-state index contributed by atoms with van der Waals surface area (Å²) in [5.74, 6) is 0. The van der Waals surface area contributed by atoms with Crippen LogP contribution in [0, 0.1) is 26.9 Å². The fraction of sp³-hybridized carbons (Fsp3) is 0.211. The monoisotopic (exact) mass is 443 g/mol. The number of benzene rings is 1. The summed E-state index contributed by atoms with van der Waals surface area (Å²) in [6.45, 7) is 5.74. The predicted molar refractivity (Wildman–Crippen MR) is 115 cm³/mol. The quantitative estimate of drug-likeness (QED) is 0.383. The average Bonchev–Trinajstić information content (AvgIpc) is 2.80. The molecule has 0 saturated heterocycles. The van der Waals surface area contributed by atoms with Gasteiger partial charge in [-0.2, -0.15) is 36.4 Å². The van der Waals surface area contributed by atoms with Crippen molar-refractivity contribution in [3.05, 3.63) is 87.8 Å². The van der Waals surface area contributed by atoms with E-state index in [1.165, 1.54) is 27.7 Å². The number of hydrogen-bond donors (Lipinski definition) is 0. The van der Waals surface area contributed by atoms with Gasteiger partial charge in [0.15, 0.2) is 0 Å². The standard InChI is InChI=1S/C6H5.C5H5N.2C4H8N2O2.Co/c2*1-2-4-6-5-3-1;2*1-3(5-7)4(2)6-8;/h2*1-5H;2*7-8H,1-2H3;/q-1;;;;/p-4. The van der Waals surface area contributed by atoms with E-state index in [2.05, 4.69) is 31.7 Å². The fourth-order valence-electron chi connectivity index (χ4n) is 0.919. The summed E-state index contributed by atoms with van der Waals surface area (Å²) in [5.41, 5.74) is 0.556. The van der Waals surface area contributed by atoms with Crippen molar-refractivity contribution in [2.75, 3.05) is 0 Å². The zero-order valence-electron chi connectivity index (χ0n) is 16.5. The van der Waals surface area contributed by atoms with Gasteiger partial charge in [-0.1, -0.05) is 6.07 Å². The molecule has 1 aromatic heterocycles. The van der Waals surface area contributed by atoms with Crippen molar-refractivity contribution in [1.82, 2.24) is 4.98 Å². The van der Waals surface area contributed by atoms with Gasteiger partial charge < -0.3 is 41.5 Å². The summed E-state index contributed by atoms with van der Waals surface area (Å²) >= 11 is 0. The van der Waals surface area contributed by atoms with Crippen LogP contribution in [0.15, 0.2) is 81.5 Å². The average molecular weight is 443 g/mol. The predicted octanol–water partition coefficient (Wildman–Crippen LogP) is 4.37. The maximum absolute atomic E-state index is 9.60. The maximum atomic E-state index is 9.60. The van der Waals surface area contributed by atoms with E-state index in [4.69, 9.17) is 0 Å². The van der Waals surface area contributed by atoms with E-state index in [0.29, 0.717) is 0 Å². The van der Waals surface area contributed by atoms with Gasteiger partial charge in [0.25, 0.3) is 0 Å². The molecule has 29 heavy (non-hydrogen) atoms. The third-order valence-corrected chi connectivity index (χ3v) is 2.77. The van der Waals surface area contributed by atoms with Crippen molar-refractivity contribution in [2.45, 2.75) is 27.7 Å². The van der Waals surface area contributed by atoms with Crippen LogP contribution >= 0.6 is 0 Å². The van der Waals surface area contributed by atoms with Crippen molar-refractivity contribution in [2.24, 2.45) is 20.6 Å². The molecule has 0 aliphatic carbocycles. The minimum Gasteiger partial charge on any atom is -0.792 e. The summed E-state index contributed by atoms with van der Waals surface area (Å²) in [4.78, 5) is 3.78. The number of nitrogens with zero attached hydrogens (tertiary/aromatic N) is 5. The third-order valence-electron chi connectivity index (χ3n) is 2.77. The molecule has 0 unspecified atom stereocenters. The summed E-state index contributed by atoms with van der Waals surface area (Å²) in [5, 5.41) is 48.4. The van der Waals surface area contributed by atoms with Crippen LogP contribution in [0.2, 0.25) is 0 Å². The van der Waals surface area contributed by atoms with Crippen LogP contribution in [-0.2, 0) is 16.8 Å². The topological polar surface area (TPSA) is 155 Å². The Morgan fingerprint density at radius 3 is 1.00 bits per heavy atom. The molecule has 0 aliphatic heterocycles. The molecule has 10 heteroatoms. The summed E-state index contributed by atoms with van der Waals surface area (Å²) < 4.78 is 0. The van der Waals surface area contributed by atoms with Gasteiger partial charge in [-0.3, -0.25) is 4.98 Å². The summed E-state index contributed by atoms with van der Waals surface area (Å²) in [6.07, 6.45) is 3.50. The van der Waals surface area contributed by atoms with Gasteiger partial charge in [-0.05, 0) is 39.8 Å². The molecule has 9 nitrogen and oxygen atoms in total. The van der Waals surface area contributed by atoms with Crippen molar-refractivity contribution < 1.29 is 16.8 Å². The number of hydrogen-bond acceptors (Lipinski definition) is 9. The number of pyridine rings is 1. The van der Waals surface area contributed by atoms with E-state index in [1.54, 1.807) is 12.4 Å². The van der Waals surface area contributed by atoms with Crippen LogP contribution in [0.1, 0.15) is 27.7 Å². The van der Waals surface area contributed by atoms with Crippen LogP contribution in [0.4, 0.5) is 0 Å². The Morgan fingerprint density at radius 1 is 0.586 bits per heavy atom. The van der Waals surface area contributed by atoms with Crippen LogP contribution in [-0.4, -0.2) is 27.8 Å². The summed E-state index contributed by atoms with van der Waals surface area (Å²) in [6, 6.07) is 18.2. The number of aromatic nitrogens is 1. The second kappa shape index (κ2) is 22.8. The first-order valence-corrected chi connectivity index (χ1v) is 7.89. The molecular weight excluding hydrogens is 421 g/mol. The van der Waals surface area contributed by atoms with Crippen LogP contribution < -0.4 is 0 Å². The molecule has 0 saturated carbocycles. The minimum absolute atomic E-state index is 0. The van der Waals surface area contributed by atoms with Crippen molar-refractivity contribution >= 4 is 22.8 Å². The van der Waals surface area contributed by atoms with Gasteiger partial charge in [0, 0.05) is 52.0 Å². The van der Waals surface area contributed by atoms with Crippen LogP contribution in [0.25, 0.3) is 0 Å². The molecule has 161 valence electrons. The normalized spacial score (nSPS) is 11.2. The van der Waals surface area contributed by atoms with E-state index in [1.807, 2.05) is 48.5 Å². The van der Waals surface area contributed by atoms with Crippen molar-refractivity contribution in [1.29, 1.82) is 0 Å². The molecule has 2 rings (SSSR count). The Balaban J connectivity index is -0.000000309. The number of rotatable bonds is 2. The molecule has 0 spiro atoms. The van der Waals surface area contributed by atoms with Gasteiger partial charge in [0.05, 0.1) is 0 Å². The molecule has 0 bridgehead atoms. The van der Waals surface area contributed by atoms with Crippen molar-refractivity contribution in [3.8, 4) is 0 Å². The zero-order valence-corrected chi connectivity index (χ0v) is 17.5. The SMILES string of the molecule is CC(=N[O-])C(C)=N[O-].CC(=N[O-])C(C)=N[O-].[Co].[c-]1ccccc1.c1ccncc1. The Labute approximate surface area is 181 Å². The Hall–Kier alpha value is -3.24. The Bertz CT molecular complexity index is 575. The molecular formula is C19H22CoN5O4-5. The van der Waals surface area contributed by atoms with Crippen LogP contribution in [0.3, 0.4) is 0 Å². The van der Waals surface area contributed by atoms with Gasteiger partial charge in [0.2, 0.25) is 0 Å². The van der Waals surface area contributed by atoms with E-state index in [-0.39, 0.29) is 39.6 Å².